The Morgan fingerprint density at radius 1 is 1.39 bits per heavy atom. The second-order valence-electron chi connectivity index (χ2n) is 4.15. The van der Waals surface area contributed by atoms with Gasteiger partial charge in [-0.25, -0.2) is 4.98 Å². The Kier molecular flexibility index (Phi) is 4.04. The van der Waals surface area contributed by atoms with Crippen molar-refractivity contribution in [1.29, 1.82) is 0 Å². The Morgan fingerprint density at radius 3 is 2.72 bits per heavy atom. The summed E-state index contributed by atoms with van der Waals surface area (Å²) in [6, 6.07) is 7.43. The Hall–Kier alpha value is -1.75. The van der Waals surface area contributed by atoms with Gasteiger partial charge in [0, 0.05) is 22.0 Å². The molecule has 0 spiro atoms. The van der Waals surface area contributed by atoms with Crippen LogP contribution in [-0.2, 0) is 22.4 Å². The molecule has 1 aromatic carbocycles. The zero-order chi connectivity index (χ0) is 13.0. The van der Waals surface area contributed by atoms with Crippen molar-refractivity contribution >= 4 is 17.4 Å². The van der Waals surface area contributed by atoms with E-state index in [0.29, 0.717) is 17.4 Å². The quantitative estimate of drug-likeness (QED) is 0.665. The van der Waals surface area contributed by atoms with Crippen molar-refractivity contribution in [3.8, 4) is 0 Å². The molecule has 94 valence electrons. The van der Waals surface area contributed by atoms with Crippen LogP contribution in [0, 0.1) is 0 Å². The number of imidazole rings is 1. The van der Waals surface area contributed by atoms with E-state index in [1.807, 2.05) is 28.8 Å². The summed E-state index contributed by atoms with van der Waals surface area (Å²) in [5.74, 6) is 0. The van der Waals surface area contributed by atoms with Gasteiger partial charge in [-0.1, -0.05) is 19.1 Å². The van der Waals surface area contributed by atoms with E-state index in [2.05, 4.69) is 11.9 Å². The van der Waals surface area contributed by atoms with Gasteiger partial charge in [0.15, 0.2) is 0 Å². The summed E-state index contributed by atoms with van der Waals surface area (Å²) < 4.78 is 13.4. The van der Waals surface area contributed by atoms with E-state index in [4.69, 9.17) is 5.73 Å². The molecule has 0 bridgehead atoms. The fraction of sp³-hybridized carbons (Fsp3) is 0.308. The first kappa shape index (κ1) is 12.7. The third-order valence-corrected chi connectivity index (χ3v) is 3.52. The third kappa shape index (κ3) is 2.56. The molecule has 0 radical (unpaired) electrons. The summed E-state index contributed by atoms with van der Waals surface area (Å²) in [5, 5.41) is -0.236. The number of nitrogen functional groups attached to an aromatic ring is 1. The summed E-state index contributed by atoms with van der Waals surface area (Å²) >= 11 is 0.575. The number of nitrogens with zero attached hydrogens (tertiary/aromatic N) is 2. The predicted molar refractivity (Wildman–Crippen MR) is 73.3 cm³/mol. The minimum atomic E-state index is -0.236. The molecule has 2 aromatic rings. The Balaban J connectivity index is 2.35. The number of anilines is 1. The van der Waals surface area contributed by atoms with Crippen molar-refractivity contribution in [2.24, 2.45) is 0 Å². The molecule has 18 heavy (non-hydrogen) atoms. The summed E-state index contributed by atoms with van der Waals surface area (Å²) in [7, 11) is 0. The van der Waals surface area contributed by atoms with Gasteiger partial charge in [0.05, 0.1) is 12.5 Å². The lowest BCUT2D eigenvalue weighted by Crippen LogP contribution is -2.07. The van der Waals surface area contributed by atoms with Gasteiger partial charge in [0.1, 0.15) is 5.69 Å². The van der Waals surface area contributed by atoms with Crippen LogP contribution in [0.15, 0.2) is 36.8 Å². The summed E-state index contributed by atoms with van der Waals surface area (Å²) in [6.45, 7) is 2.98. The highest BCUT2D eigenvalue weighted by atomic mass is 32.1. The topological polar surface area (TPSA) is 60.9 Å². The SMILES string of the molecule is CCCn1cncc1C([S+]=O)c1ccc(N)cc1. The molecule has 1 unspecified atom stereocenters. The molecule has 0 amide bonds. The number of rotatable bonds is 5. The van der Waals surface area contributed by atoms with E-state index in [1.54, 1.807) is 12.5 Å². The van der Waals surface area contributed by atoms with Crippen molar-refractivity contribution < 1.29 is 4.21 Å². The van der Waals surface area contributed by atoms with Crippen LogP contribution in [0.25, 0.3) is 0 Å². The normalized spacial score (nSPS) is 12.3. The van der Waals surface area contributed by atoms with E-state index in [1.165, 1.54) is 0 Å². The lowest BCUT2D eigenvalue weighted by atomic mass is 10.1. The highest BCUT2D eigenvalue weighted by Gasteiger charge is 2.29. The molecule has 1 atom stereocenters. The van der Waals surface area contributed by atoms with Crippen LogP contribution in [0.4, 0.5) is 5.69 Å². The average molecular weight is 262 g/mol. The van der Waals surface area contributed by atoms with Gasteiger partial charge in [-0.05, 0) is 18.6 Å². The van der Waals surface area contributed by atoms with E-state index >= 15 is 0 Å². The summed E-state index contributed by atoms with van der Waals surface area (Å²) in [4.78, 5) is 4.14. The maximum Gasteiger partial charge on any atom is 0.474 e. The largest absolute Gasteiger partial charge is 0.474 e. The van der Waals surface area contributed by atoms with Crippen LogP contribution in [0.3, 0.4) is 0 Å². The Bertz CT molecular complexity index is 521. The lowest BCUT2D eigenvalue weighted by Gasteiger charge is -2.06. The second-order valence-corrected chi connectivity index (χ2v) is 4.82. The van der Waals surface area contributed by atoms with Gasteiger partial charge in [-0.3, -0.25) is 0 Å². The van der Waals surface area contributed by atoms with Gasteiger partial charge in [-0.15, -0.1) is 0 Å². The first-order valence-corrected chi connectivity index (χ1v) is 6.70. The van der Waals surface area contributed by atoms with Crippen molar-refractivity contribution in [2.75, 3.05) is 5.73 Å². The van der Waals surface area contributed by atoms with Crippen LogP contribution in [-0.4, -0.2) is 9.55 Å². The molecule has 5 heteroatoms. The van der Waals surface area contributed by atoms with Gasteiger partial charge in [0.2, 0.25) is 0 Å². The minimum Gasteiger partial charge on any atom is -0.399 e. The Labute approximate surface area is 110 Å². The maximum atomic E-state index is 11.4. The van der Waals surface area contributed by atoms with Crippen molar-refractivity contribution in [1.82, 2.24) is 9.55 Å². The fourth-order valence-electron chi connectivity index (χ4n) is 1.92. The zero-order valence-corrected chi connectivity index (χ0v) is 11.1. The molecule has 2 N–H and O–H groups in total. The highest BCUT2D eigenvalue weighted by Crippen LogP contribution is 2.25. The molecule has 0 aliphatic rings. The fourth-order valence-corrected chi connectivity index (χ4v) is 2.49. The zero-order valence-electron chi connectivity index (χ0n) is 10.2. The van der Waals surface area contributed by atoms with Crippen LogP contribution in [0.2, 0.25) is 0 Å². The summed E-state index contributed by atoms with van der Waals surface area (Å²) in [6.07, 6.45) is 4.56. The van der Waals surface area contributed by atoms with Crippen LogP contribution >= 0.6 is 0 Å². The van der Waals surface area contributed by atoms with Crippen molar-refractivity contribution in [3.05, 3.63) is 48.0 Å². The van der Waals surface area contributed by atoms with Crippen LogP contribution in [0.5, 0.6) is 0 Å². The van der Waals surface area contributed by atoms with Crippen LogP contribution in [0.1, 0.15) is 29.9 Å². The molecule has 0 saturated carbocycles. The van der Waals surface area contributed by atoms with Gasteiger partial charge < -0.3 is 10.3 Å². The molecule has 2 rings (SSSR count). The predicted octanol–water partition coefficient (Wildman–Crippen LogP) is 2.39. The van der Waals surface area contributed by atoms with Gasteiger partial charge >= 0.3 is 16.9 Å². The first-order valence-electron chi connectivity index (χ1n) is 5.90. The molecule has 1 aromatic heterocycles. The maximum absolute atomic E-state index is 11.4. The van der Waals surface area contributed by atoms with Crippen molar-refractivity contribution in [3.63, 3.8) is 0 Å². The molecule has 0 aliphatic carbocycles. The van der Waals surface area contributed by atoms with Crippen LogP contribution < -0.4 is 5.73 Å². The highest BCUT2D eigenvalue weighted by molar-refractivity contribution is 7.66. The standard InChI is InChI=1S/C13H16N3OS/c1-2-7-16-9-15-8-12(16)13(18-17)10-3-5-11(14)6-4-10/h3-6,8-9,13H,2,7,14H2,1H3/q+1. The summed E-state index contributed by atoms with van der Waals surface area (Å²) in [5.41, 5.74) is 8.27. The van der Waals surface area contributed by atoms with E-state index in [-0.39, 0.29) is 5.25 Å². The molecule has 0 fully saturated rings. The minimum absolute atomic E-state index is 0.236. The van der Waals surface area contributed by atoms with E-state index < -0.39 is 0 Å². The number of hydrogen-bond donors (Lipinski definition) is 1. The second kappa shape index (κ2) is 5.73. The van der Waals surface area contributed by atoms with Crippen molar-refractivity contribution in [2.45, 2.75) is 25.1 Å². The molecular weight excluding hydrogens is 246 g/mol. The number of benzene rings is 1. The van der Waals surface area contributed by atoms with E-state index in [0.717, 1.165) is 24.2 Å². The van der Waals surface area contributed by atoms with E-state index in [9.17, 15) is 4.21 Å². The first-order chi connectivity index (χ1) is 8.76. The van der Waals surface area contributed by atoms with Gasteiger partial charge in [-0.2, -0.15) is 0 Å². The number of nitrogens with two attached hydrogens (primary N) is 1. The number of aromatic nitrogens is 2. The van der Waals surface area contributed by atoms with Gasteiger partial charge in [0.25, 0.3) is 0 Å². The monoisotopic (exact) mass is 262 g/mol. The molecule has 4 nitrogen and oxygen atoms in total. The smallest absolute Gasteiger partial charge is 0.399 e. The molecule has 1 heterocycles. The third-order valence-electron chi connectivity index (χ3n) is 2.81. The molecule has 0 saturated heterocycles. The molecular formula is C13H16N3OS+. The Morgan fingerprint density at radius 2 is 2.11 bits per heavy atom. The molecule has 0 aliphatic heterocycles. The average Bonchev–Trinajstić information content (AvgIpc) is 2.82. The number of hydrogen-bond acceptors (Lipinski definition) is 3. The lowest BCUT2D eigenvalue weighted by molar-refractivity contribution is 0.597. The number of aryl methyl sites for hydroxylation is 1.